The molecule has 0 saturated carbocycles. The van der Waals surface area contributed by atoms with Crippen LogP contribution in [0.3, 0.4) is 0 Å². The zero-order valence-corrected chi connectivity index (χ0v) is 10.9. The fourth-order valence-corrected chi connectivity index (χ4v) is 1.60. The molecule has 0 bridgehead atoms. The Balaban J connectivity index is 3.20. The molecule has 1 N–H and O–H groups in total. The summed E-state index contributed by atoms with van der Waals surface area (Å²) in [5, 5.41) is 8.80. The topological polar surface area (TPSA) is 68.2 Å². The maximum Gasteiger partial charge on any atom is 0.323 e. The predicted molar refractivity (Wildman–Crippen MR) is 67.0 cm³/mol. The largest absolute Gasteiger partial charge is 0.494 e. The van der Waals surface area contributed by atoms with Gasteiger partial charge in [0, 0.05) is 19.2 Å². The van der Waals surface area contributed by atoms with Crippen molar-refractivity contribution in [1.82, 2.24) is 0 Å². The monoisotopic (exact) mass is 255 g/mol. The molecule has 6 nitrogen and oxygen atoms in total. The molecule has 1 aromatic carbocycles. The standard InChI is InChI=1S/C12H17NO5/c1-13(7-12(14)15)8-5-10(17-3)11(18-4)6-9(8)16-2/h5-6H,7H2,1-4H3,(H,14,15). The van der Waals surface area contributed by atoms with Gasteiger partial charge < -0.3 is 24.2 Å². The van der Waals surface area contributed by atoms with E-state index in [2.05, 4.69) is 0 Å². The highest BCUT2D eigenvalue weighted by atomic mass is 16.5. The van der Waals surface area contributed by atoms with Gasteiger partial charge in [-0.2, -0.15) is 0 Å². The number of anilines is 1. The average Bonchev–Trinajstić information content (AvgIpc) is 2.36. The van der Waals surface area contributed by atoms with Gasteiger partial charge in [0.15, 0.2) is 11.5 Å². The number of rotatable bonds is 6. The molecule has 6 heteroatoms. The molecule has 0 spiro atoms. The summed E-state index contributed by atoms with van der Waals surface area (Å²) in [6.07, 6.45) is 0. The van der Waals surface area contributed by atoms with Crippen LogP contribution in [0, 0.1) is 0 Å². The second kappa shape index (κ2) is 6.00. The van der Waals surface area contributed by atoms with E-state index in [1.165, 1.54) is 21.3 Å². The van der Waals surface area contributed by atoms with Crippen LogP contribution in [0.2, 0.25) is 0 Å². The lowest BCUT2D eigenvalue weighted by Gasteiger charge is -2.21. The fraction of sp³-hybridized carbons (Fsp3) is 0.417. The summed E-state index contributed by atoms with van der Waals surface area (Å²) in [6, 6.07) is 3.34. The molecular weight excluding hydrogens is 238 g/mol. The Hall–Kier alpha value is -2.11. The average molecular weight is 255 g/mol. The summed E-state index contributed by atoms with van der Waals surface area (Å²) >= 11 is 0. The van der Waals surface area contributed by atoms with Gasteiger partial charge in [0.05, 0.1) is 27.0 Å². The molecule has 0 aliphatic heterocycles. The fourth-order valence-electron chi connectivity index (χ4n) is 1.60. The van der Waals surface area contributed by atoms with Crippen molar-refractivity contribution in [1.29, 1.82) is 0 Å². The van der Waals surface area contributed by atoms with Crippen LogP contribution >= 0.6 is 0 Å². The molecule has 1 aromatic rings. The lowest BCUT2D eigenvalue weighted by Crippen LogP contribution is -2.25. The van der Waals surface area contributed by atoms with Gasteiger partial charge in [0.25, 0.3) is 0 Å². The normalized spacial score (nSPS) is 9.78. The molecule has 0 atom stereocenters. The van der Waals surface area contributed by atoms with E-state index in [-0.39, 0.29) is 6.54 Å². The maximum absolute atomic E-state index is 10.7. The van der Waals surface area contributed by atoms with Gasteiger partial charge in [0.2, 0.25) is 0 Å². The highest BCUT2D eigenvalue weighted by Gasteiger charge is 2.16. The van der Waals surface area contributed by atoms with Crippen molar-refractivity contribution in [3.8, 4) is 17.2 Å². The quantitative estimate of drug-likeness (QED) is 0.824. The number of benzene rings is 1. The molecular formula is C12H17NO5. The number of ether oxygens (including phenoxy) is 3. The zero-order chi connectivity index (χ0) is 13.7. The number of carboxylic acid groups (broad SMARTS) is 1. The third kappa shape index (κ3) is 2.97. The maximum atomic E-state index is 10.7. The summed E-state index contributed by atoms with van der Waals surface area (Å²) in [4.78, 5) is 12.3. The Morgan fingerprint density at radius 1 is 1.11 bits per heavy atom. The van der Waals surface area contributed by atoms with E-state index in [9.17, 15) is 4.79 Å². The van der Waals surface area contributed by atoms with Crippen molar-refractivity contribution in [2.75, 3.05) is 39.8 Å². The van der Waals surface area contributed by atoms with Crippen LogP contribution in [0.5, 0.6) is 17.2 Å². The molecule has 0 aliphatic carbocycles. The number of aliphatic carboxylic acids is 1. The Bertz CT molecular complexity index is 433. The number of likely N-dealkylation sites (N-methyl/N-ethyl adjacent to an activating group) is 1. The van der Waals surface area contributed by atoms with Crippen LogP contribution in [0.4, 0.5) is 5.69 Å². The molecule has 0 unspecified atom stereocenters. The summed E-state index contributed by atoms with van der Waals surface area (Å²) in [5.74, 6) is 0.651. The van der Waals surface area contributed by atoms with Crippen molar-refractivity contribution in [2.24, 2.45) is 0 Å². The minimum atomic E-state index is -0.922. The van der Waals surface area contributed by atoms with E-state index in [1.807, 2.05) is 0 Å². The lowest BCUT2D eigenvalue weighted by molar-refractivity contribution is -0.135. The van der Waals surface area contributed by atoms with Crippen LogP contribution in [0.15, 0.2) is 12.1 Å². The summed E-state index contributed by atoms with van der Waals surface area (Å²) in [7, 11) is 6.22. The number of carbonyl (C=O) groups is 1. The molecule has 0 saturated heterocycles. The molecule has 18 heavy (non-hydrogen) atoms. The van der Waals surface area contributed by atoms with Crippen molar-refractivity contribution < 1.29 is 24.1 Å². The van der Waals surface area contributed by atoms with Gasteiger partial charge in [-0.05, 0) is 0 Å². The highest BCUT2D eigenvalue weighted by Crippen LogP contribution is 2.39. The van der Waals surface area contributed by atoms with Gasteiger partial charge in [-0.3, -0.25) is 4.79 Å². The van der Waals surface area contributed by atoms with E-state index in [1.54, 1.807) is 24.1 Å². The molecule has 0 aliphatic rings. The van der Waals surface area contributed by atoms with Crippen LogP contribution in [0.25, 0.3) is 0 Å². The third-order valence-electron chi connectivity index (χ3n) is 2.47. The van der Waals surface area contributed by atoms with Gasteiger partial charge in [-0.15, -0.1) is 0 Å². The third-order valence-corrected chi connectivity index (χ3v) is 2.47. The zero-order valence-electron chi connectivity index (χ0n) is 10.9. The number of nitrogens with zero attached hydrogens (tertiary/aromatic N) is 1. The molecule has 0 radical (unpaired) electrons. The first-order chi connectivity index (χ1) is 8.53. The van der Waals surface area contributed by atoms with Crippen molar-refractivity contribution in [3.63, 3.8) is 0 Å². The number of carboxylic acids is 1. The Morgan fingerprint density at radius 2 is 1.61 bits per heavy atom. The Kier molecular flexibility index (Phi) is 4.65. The molecule has 1 rings (SSSR count). The summed E-state index contributed by atoms with van der Waals surface area (Å²) in [5.41, 5.74) is 0.623. The van der Waals surface area contributed by atoms with E-state index >= 15 is 0 Å². The minimum absolute atomic E-state index is 0.133. The molecule has 0 amide bonds. The number of hydrogen-bond acceptors (Lipinski definition) is 5. The number of hydrogen-bond donors (Lipinski definition) is 1. The van der Waals surface area contributed by atoms with Gasteiger partial charge >= 0.3 is 5.97 Å². The minimum Gasteiger partial charge on any atom is -0.494 e. The van der Waals surface area contributed by atoms with E-state index in [0.29, 0.717) is 22.9 Å². The van der Waals surface area contributed by atoms with Crippen molar-refractivity contribution >= 4 is 11.7 Å². The van der Waals surface area contributed by atoms with E-state index in [4.69, 9.17) is 19.3 Å². The summed E-state index contributed by atoms with van der Waals surface area (Å²) < 4.78 is 15.6. The van der Waals surface area contributed by atoms with E-state index in [0.717, 1.165) is 0 Å². The molecule has 100 valence electrons. The van der Waals surface area contributed by atoms with Gasteiger partial charge in [-0.1, -0.05) is 0 Å². The highest BCUT2D eigenvalue weighted by molar-refractivity contribution is 5.76. The van der Waals surface area contributed by atoms with Crippen LogP contribution in [-0.4, -0.2) is 46.0 Å². The first-order valence-electron chi connectivity index (χ1n) is 5.26. The smallest absolute Gasteiger partial charge is 0.323 e. The Morgan fingerprint density at radius 3 is 2.06 bits per heavy atom. The molecule has 0 fully saturated rings. The van der Waals surface area contributed by atoms with Crippen molar-refractivity contribution in [3.05, 3.63) is 12.1 Å². The SMILES string of the molecule is COc1cc(OC)c(N(C)CC(=O)O)cc1OC. The second-order valence-electron chi connectivity index (χ2n) is 3.63. The molecule has 0 heterocycles. The lowest BCUT2D eigenvalue weighted by atomic mass is 10.2. The Labute approximate surface area is 106 Å². The van der Waals surface area contributed by atoms with Crippen LogP contribution in [0.1, 0.15) is 0 Å². The van der Waals surface area contributed by atoms with Gasteiger partial charge in [-0.25, -0.2) is 0 Å². The number of methoxy groups -OCH3 is 3. The second-order valence-corrected chi connectivity index (χ2v) is 3.63. The predicted octanol–water partition coefficient (Wildman–Crippen LogP) is 1.23. The van der Waals surface area contributed by atoms with Crippen LogP contribution < -0.4 is 19.1 Å². The first-order valence-corrected chi connectivity index (χ1v) is 5.26. The van der Waals surface area contributed by atoms with E-state index < -0.39 is 5.97 Å². The molecule has 0 aromatic heterocycles. The van der Waals surface area contributed by atoms with Crippen molar-refractivity contribution in [2.45, 2.75) is 0 Å². The summed E-state index contributed by atoms with van der Waals surface area (Å²) in [6.45, 7) is -0.133. The van der Waals surface area contributed by atoms with Gasteiger partial charge in [0.1, 0.15) is 12.3 Å². The van der Waals surface area contributed by atoms with Crippen LogP contribution in [-0.2, 0) is 4.79 Å². The first kappa shape index (κ1) is 14.0.